The van der Waals surface area contributed by atoms with Crippen LogP contribution in [0.3, 0.4) is 0 Å². The Bertz CT molecular complexity index is 791. The van der Waals surface area contributed by atoms with Crippen LogP contribution in [0.5, 0.6) is 0 Å². The zero-order chi connectivity index (χ0) is 17.6. The lowest BCUT2D eigenvalue weighted by Gasteiger charge is -2.41. The number of nitrogens with one attached hydrogen (secondary N) is 1. The normalized spacial score (nSPS) is 21.7. The lowest BCUT2D eigenvalue weighted by atomic mass is 9.62. The predicted octanol–water partition coefficient (Wildman–Crippen LogP) is 3.24. The van der Waals surface area contributed by atoms with E-state index >= 15 is 0 Å². The van der Waals surface area contributed by atoms with Crippen LogP contribution in [0.2, 0.25) is 0 Å². The summed E-state index contributed by atoms with van der Waals surface area (Å²) in [6, 6.07) is 0. The third-order valence-electron chi connectivity index (χ3n) is 5.73. The van der Waals surface area contributed by atoms with E-state index < -0.39 is 0 Å². The van der Waals surface area contributed by atoms with Gasteiger partial charge in [0, 0.05) is 25.4 Å². The van der Waals surface area contributed by atoms with Gasteiger partial charge < -0.3 is 4.90 Å². The minimum atomic E-state index is 0.126. The van der Waals surface area contributed by atoms with Gasteiger partial charge in [0.2, 0.25) is 0 Å². The Morgan fingerprint density at radius 2 is 2.16 bits per heavy atom. The number of aromatic amines is 1. The molecule has 1 aliphatic heterocycles. The van der Waals surface area contributed by atoms with E-state index in [0.717, 1.165) is 53.2 Å². The van der Waals surface area contributed by atoms with Crippen molar-refractivity contribution in [2.75, 3.05) is 13.1 Å². The van der Waals surface area contributed by atoms with Gasteiger partial charge in [-0.2, -0.15) is 5.10 Å². The molecule has 2 aromatic rings. The van der Waals surface area contributed by atoms with Crippen LogP contribution in [0.25, 0.3) is 0 Å². The van der Waals surface area contributed by atoms with Gasteiger partial charge in [0.1, 0.15) is 10.7 Å². The maximum Gasteiger partial charge on any atom is 0.265 e. The molecule has 0 radical (unpaired) electrons. The number of aromatic nitrogens is 4. The van der Waals surface area contributed by atoms with E-state index in [4.69, 9.17) is 4.98 Å². The minimum absolute atomic E-state index is 0.126. The van der Waals surface area contributed by atoms with Gasteiger partial charge in [0.05, 0.1) is 10.7 Å². The second kappa shape index (κ2) is 6.20. The zero-order valence-electron chi connectivity index (χ0n) is 15.1. The number of H-pyrrole nitrogens is 1. The highest BCUT2D eigenvalue weighted by Gasteiger charge is 2.53. The van der Waals surface area contributed by atoms with E-state index in [1.807, 2.05) is 18.7 Å². The Hall–Kier alpha value is -1.76. The summed E-state index contributed by atoms with van der Waals surface area (Å²) in [7, 11) is 0. The number of nitrogens with zero attached hydrogens (tertiary/aromatic N) is 4. The molecule has 1 N–H and O–H groups in total. The van der Waals surface area contributed by atoms with E-state index in [2.05, 4.69) is 22.1 Å². The van der Waals surface area contributed by atoms with Gasteiger partial charge in [-0.25, -0.2) is 9.97 Å². The number of hydrogen-bond acceptors (Lipinski definition) is 5. The third-order valence-corrected chi connectivity index (χ3v) is 6.79. The molecule has 6 nitrogen and oxygen atoms in total. The second-order valence-electron chi connectivity index (χ2n) is 7.49. The largest absolute Gasteiger partial charge is 0.337 e. The first-order valence-electron chi connectivity index (χ1n) is 9.17. The molecule has 134 valence electrons. The lowest BCUT2D eigenvalue weighted by molar-refractivity contribution is 0.0727. The van der Waals surface area contributed by atoms with E-state index in [0.29, 0.717) is 0 Å². The van der Waals surface area contributed by atoms with Crippen molar-refractivity contribution in [1.29, 1.82) is 0 Å². The van der Waals surface area contributed by atoms with Crippen LogP contribution in [0.1, 0.15) is 70.5 Å². The molecule has 1 saturated heterocycles. The first kappa shape index (κ1) is 16.7. The number of carbonyl (C=O) groups is 1. The summed E-state index contributed by atoms with van der Waals surface area (Å²) in [5.74, 6) is 2.24. The third kappa shape index (κ3) is 2.78. The fourth-order valence-corrected chi connectivity index (χ4v) is 5.19. The molecule has 0 bridgehead atoms. The molecule has 2 aromatic heterocycles. The van der Waals surface area contributed by atoms with Crippen molar-refractivity contribution in [2.45, 2.75) is 58.8 Å². The van der Waals surface area contributed by atoms with Gasteiger partial charge >= 0.3 is 0 Å². The summed E-state index contributed by atoms with van der Waals surface area (Å²) < 4.78 is 0. The highest BCUT2D eigenvalue weighted by Crippen LogP contribution is 2.55. The molecule has 3 heterocycles. The van der Waals surface area contributed by atoms with Crippen molar-refractivity contribution >= 4 is 17.2 Å². The van der Waals surface area contributed by atoms with Crippen molar-refractivity contribution in [3.8, 4) is 0 Å². The quantitative estimate of drug-likeness (QED) is 0.909. The summed E-state index contributed by atoms with van der Waals surface area (Å²) in [4.78, 5) is 25.0. The SMILES string of the molecule is CCCc1nc(C2CN(C(=O)c3sc(C)nc3C)CC23CCC3)n[nH]1. The second-order valence-corrected chi connectivity index (χ2v) is 8.70. The number of hydrogen-bond donors (Lipinski definition) is 1. The highest BCUT2D eigenvalue weighted by molar-refractivity contribution is 7.13. The standard InChI is InChI=1S/C18H25N5OS/c1-4-6-14-20-16(22-21-14)13-9-23(10-18(13)7-5-8-18)17(24)15-11(2)19-12(3)25-15/h13H,4-10H2,1-3H3,(H,20,21,22). The average Bonchev–Trinajstić information content (AvgIpc) is 3.22. The molecule has 25 heavy (non-hydrogen) atoms. The number of rotatable bonds is 4. The summed E-state index contributed by atoms with van der Waals surface area (Å²) in [5.41, 5.74) is 1.02. The fraction of sp³-hybridized carbons (Fsp3) is 0.667. The van der Waals surface area contributed by atoms with Gasteiger partial charge in [-0.1, -0.05) is 13.3 Å². The van der Waals surface area contributed by atoms with Crippen LogP contribution in [0.15, 0.2) is 0 Å². The van der Waals surface area contributed by atoms with Gasteiger partial charge in [-0.3, -0.25) is 9.89 Å². The number of aryl methyl sites for hydroxylation is 3. The van der Waals surface area contributed by atoms with Gasteiger partial charge in [0.15, 0.2) is 5.82 Å². The Morgan fingerprint density at radius 3 is 2.76 bits per heavy atom. The average molecular weight is 359 g/mol. The molecule has 1 unspecified atom stereocenters. The van der Waals surface area contributed by atoms with Crippen LogP contribution in [-0.4, -0.2) is 44.1 Å². The number of amides is 1. The van der Waals surface area contributed by atoms with Gasteiger partial charge in [-0.05, 0) is 38.5 Å². The maximum atomic E-state index is 13.0. The molecule has 2 fully saturated rings. The summed E-state index contributed by atoms with van der Waals surface area (Å²) in [5, 5.41) is 8.54. The van der Waals surface area contributed by atoms with E-state index in [1.165, 1.54) is 30.6 Å². The summed E-state index contributed by atoms with van der Waals surface area (Å²) >= 11 is 1.50. The summed E-state index contributed by atoms with van der Waals surface area (Å²) in [6.45, 7) is 7.57. The first-order valence-corrected chi connectivity index (χ1v) is 9.98. The number of carbonyl (C=O) groups excluding carboxylic acids is 1. The predicted molar refractivity (Wildman–Crippen MR) is 96.9 cm³/mol. The van der Waals surface area contributed by atoms with Crippen molar-refractivity contribution in [3.63, 3.8) is 0 Å². The molecule has 1 spiro atoms. The molecule has 1 saturated carbocycles. The Balaban J connectivity index is 1.58. The maximum absolute atomic E-state index is 13.0. The molecule has 2 aliphatic rings. The summed E-state index contributed by atoms with van der Waals surface area (Å²) in [6.07, 6.45) is 5.55. The van der Waals surface area contributed by atoms with E-state index in [9.17, 15) is 4.79 Å². The molecular formula is C18H25N5OS. The molecular weight excluding hydrogens is 334 g/mol. The topological polar surface area (TPSA) is 74.8 Å². The molecule has 1 amide bonds. The minimum Gasteiger partial charge on any atom is -0.337 e. The fourth-order valence-electron chi connectivity index (χ4n) is 4.30. The molecule has 1 aliphatic carbocycles. The van der Waals surface area contributed by atoms with Crippen LogP contribution in [-0.2, 0) is 6.42 Å². The Morgan fingerprint density at radius 1 is 1.36 bits per heavy atom. The van der Waals surface area contributed by atoms with Crippen molar-refractivity contribution in [2.24, 2.45) is 5.41 Å². The smallest absolute Gasteiger partial charge is 0.265 e. The number of thiazole rings is 1. The van der Waals surface area contributed by atoms with Crippen molar-refractivity contribution < 1.29 is 4.79 Å². The van der Waals surface area contributed by atoms with E-state index in [-0.39, 0.29) is 17.2 Å². The zero-order valence-corrected chi connectivity index (χ0v) is 15.9. The monoisotopic (exact) mass is 359 g/mol. The molecule has 1 atom stereocenters. The van der Waals surface area contributed by atoms with Crippen molar-refractivity contribution in [1.82, 2.24) is 25.1 Å². The Labute approximate surface area is 152 Å². The Kier molecular flexibility index (Phi) is 4.14. The lowest BCUT2D eigenvalue weighted by Crippen LogP contribution is -2.38. The van der Waals surface area contributed by atoms with Gasteiger partial charge in [0.25, 0.3) is 5.91 Å². The van der Waals surface area contributed by atoms with Gasteiger partial charge in [-0.15, -0.1) is 11.3 Å². The van der Waals surface area contributed by atoms with Crippen LogP contribution < -0.4 is 0 Å². The molecule has 4 rings (SSSR count). The first-order chi connectivity index (χ1) is 12.0. The van der Waals surface area contributed by atoms with Crippen molar-refractivity contribution in [3.05, 3.63) is 27.2 Å². The number of likely N-dealkylation sites (tertiary alicyclic amines) is 1. The molecule has 0 aromatic carbocycles. The van der Waals surface area contributed by atoms with Crippen LogP contribution in [0.4, 0.5) is 0 Å². The highest BCUT2D eigenvalue weighted by atomic mass is 32.1. The molecule has 7 heteroatoms. The van der Waals surface area contributed by atoms with Crippen LogP contribution in [0, 0.1) is 19.3 Å². The van der Waals surface area contributed by atoms with Crippen LogP contribution >= 0.6 is 11.3 Å². The van der Waals surface area contributed by atoms with E-state index in [1.54, 1.807) is 0 Å².